The van der Waals surface area contributed by atoms with Gasteiger partial charge in [-0.05, 0) is 58.2 Å². The van der Waals surface area contributed by atoms with Crippen LogP contribution in [0.1, 0.15) is 11.1 Å². The predicted molar refractivity (Wildman–Crippen MR) is 92.7 cm³/mol. The number of hydrogen-bond donors (Lipinski definition) is 1. The first-order chi connectivity index (χ1) is 10.5. The van der Waals surface area contributed by atoms with Gasteiger partial charge in [0, 0.05) is 16.6 Å². The van der Waals surface area contributed by atoms with E-state index >= 15 is 0 Å². The van der Waals surface area contributed by atoms with Crippen molar-refractivity contribution in [1.29, 1.82) is 0 Å². The second kappa shape index (κ2) is 7.86. The summed E-state index contributed by atoms with van der Waals surface area (Å²) in [7, 11) is 0. The molecule has 0 radical (unpaired) electrons. The number of carbonyl (C=O) groups excluding carboxylic acids is 1. The summed E-state index contributed by atoms with van der Waals surface area (Å²) in [4.78, 5) is 11.8. The fraction of sp³-hybridized carbons (Fsp3) is 0.188. The van der Waals surface area contributed by atoms with Crippen molar-refractivity contribution in [2.45, 2.75) is 13.5 Å². The maximum atomic E-state index is 11.8. The molecule has 2 aromatic carbocycles. The van der Waals surface area contributed by atoms with Crippen LogP contribution in [0.5, 0.6) is 5.75 Å². The Bertz CT molecular complexity index is 634. The van der Waals surface area contributed by atoms with Gasteiger partial charge < -0.3 is 10.1 Å². The summed E-state index contributed by atoms with van der Waals surface area (Å²) >= 11 is 15.3. The van der Waals surface area contributed by atoms with E-state index in [0.29, 0.717) is 22.3 Å². The highest BCUT2D eigenvalue weighted by Gasteiger charge is 2.07. The molecule has 22 heavy (non-hydrogen) atoms. The lowest BCUT2D eigenvalue weighted by Gasteiger charge is -2.10. The molecule has 0 spiro atoms. The zero-order chi connectivity index (χ0) is 16.1. The molecular weight excluding hydrogens is 389 g/mol. The minimum absolute atomic E-state index is 0.0626. The normalized spacial score (nSPS) is 10.4. The summed E-state index contributed by atoms with van der Waals surface area (Å²) in [6.07, 6.45) is 0. The van der Waals surface area contributed by atoms with Gasteiger partial charge in [-0.1, -0.05) is 35.3 Å². The molecule has 0 aliphatic rings. The molecule has 116 valence electrons. The van der Waals surface area contributed by atoms with Crippen LogP contribution in [-0.2, 0) is 11.3 Å². The van der Waals surface area contributed by atoms with Gasteiger partial charge in [-0.25, -0.2) is 0 Å². The van der Waals surface area contributed by atoms with E-state index in [1.165, 1.54) is 0 Å². The summed E-state index contributed by atoms with van der Waals surface area (Å²) in [5.41, 5.74) is 1.91. The number of halogens is 3. The molecular formula is C16H14BrCl2NO2. The van der Waals surface area contributed by atoms with E-state index in [1.54, 1.807) is 18.2 Å². The van der Waals surface area contributed by atoms with E-state index in [4.69, 9.17) is 27.9 Å². The molecule has 0 bridgehead atoms. The van der Waals surface area contributed by atoms with E-state index in [2.05, 4.69) is 21.2 Å². The molecule has 0 heterocycles. The summed E-state index contributed by atoms with van der Waals surface area (Å²) in [5.74, 6) is 0.406. The summed E-state index contributed by atoms with van der Waals surface area (Å²) in [6.45, 7) is 2.25. The topological polar surface area (TPSA) is 38.3 Å². The highest BCUT2D eigenvalue weighted by atomic mass is 79.9. The van der Waals surface area contributed by atoms with Gasteiger partial charge in [-0.2, -0.15) is 0 Å². The highest BCUT2D eigenvalue weighted by Crippen LogP contribution is 2.25. The second-order valence-corrected chi connectivity index (χ2v) is 6.43. The molecule has 2 aromatic rings. The summed E-state index contributed by atoms with van der Waals surface area (Å²) in [5, 5.41) is 3.84. The third kappa shape index (κ3) is 4.90. The number of hydrogen-bond acceptors (Lipinski definition) is 2. The summed E-state index contributed by atoms with van der Waals surface area (Å²) < 4.78 is 6.30. The Balaban J connectivity index is 1.85. The average Bonchev–Trinajstić information content (AvgIpc) is 2.45. The Kier molecular flexibility index (Phi) is 6.12. The van der Waals surface area contributed by atoms with Gasteiger partial charge in [0.1, 0.15) is 5.75 Å². The van der Waals surface area contributed by atoms with Crippen LogP contribution >= 0.6 is 39.1 Å². The van der Waals surface area contributed by atoms with E-state index in [1.807, 2.05) is 25.1 Å². The standard InChI is InChI=1S/C16H14BrCl2NO2/c1-10-2-5-15(13(17)6-10)22-9-16(21)20-8-11-3-4-12(18)7-14(11)19/h2-7H,8-9H2,1H3,(H,20,21). The van der Waals surface area contributed by atoms with Gasteiger partial charge in [-0.15, -0.1) is 0 Å². The first-order valence-corrected chi connectivity index (χ1v) is 8.10. The Hall–Kier alpha value is -1.23. The van der Waals surface area contributed by atoms with Crippen LogP contribution < -0.4 is 10.1 Å². The summed E-state index contributed by atoms with van der Waals surface area (Å²) in [6, 6.07) is 10.8. The van der Waals surface area contributed by atoms with E-state index in [-0.39, 0.29) is 12.5 Å². The van der Waals surface area contributed by atoms with Crippen molar-refractivity contribution in [1.82, 2.24) is 5.32 Å². The van der Waals surface area contributed by atoms with Crippen molar-refractivity contribution in [3.05, 3.63) is 62.0 Å². The maximum absolute atomic E-state index is 11.8. The number of carbonyl (C=O) groups is 1. The number of ether oxygens (including phenoxy) is 1. The van der Waals surface area contributed by atoms with E-state index in [0.717, 1.165) is 15.6 Å². The third-order valence-electron chi connectivity index (χ3n) is 2.94. The van der Waals surface area contributed by atoms with Crippen molar-refractivity contribution in [3.63, 3.8) is 0 Å². The Morgan fingerprint density at radius 3 is 2.68 bits per heavy atom. The van der Waals surface area contributed by atoms with Crippen LogP contribution in [0.25, 0.3) is 0 Å². The van der Waals surface area contributed by atoms with Gasteiger partial charge in [0.15, 0.2) is 6.61 Å². The molecule has 0 aliphatic carbocycles. The van der Waals surface area contributed by atoms with Crippen LogP contribution in [0.4, 0.5) is 0 Å². The molecule has 0 aromatic heterocycles. The molecule has 0 unspecified atom stereocenters. The van der Waals surface area contributed by atoms with Crippen molar-refractivity contribution in [2.24, 2.45) is 0 Å². The molecule has 2 rings (SSSR count). The van der Waals surface area contributed by atoms with Crippen molar-refractivity contribution in [3.8, 4) is 5.75 Å². The monoisotopic (exact) mass is 401 g/mol. The zero-order valence-corrected chi connectivity index (χ0v) is 14.9. The van der Waals surface area contributed by atoms with Crippen LogP contribution in [0, 0.1) is 6.92 Å². The SMILES string of the molecule is Cc1ccc(OCC(=O)NCc2ccc(Cl)cc2Cl)c(Br)c1. The Labute approximate surface area is 147 Å². The van der Waals surface area contributed by atoms with Crippen LogP contribution in [-0.4, -0.2) is 12.5 Å². The second-order valence-electron chi connectivity index (χ2n) is 4.74. The average molecular weight is 403 g/mol. The Morgan fingerprint density at radius 2 is 2.00 bits per heavy atom. The van der Waals surface area contributed by atoms with Gasteiger partial charge in [-0.3, -0.25) is 4.79 Å². The van der Waals surface area contributed by atoms with Crippen LogP contribution in [0.3, 0.4) is 0 Å². The van der Waals surface area contributed by atoms with Crippen LogP contribution in [0.2, 0.25) is 10.0 Å². The lowest BCUT2D eigenvalue weighted by Crippen LogP contribution is -2.28. The van der Waals surface area contributed by atoms with Gasteiger partial charge in [0.05, 0.1) is 4.47 Å². The first-order valence-electron chi connectivity index (χ1n) is 6.55. The zero-order valence-electron chi connectivity index (χ0n) is 11.8. The lowest BCUT2D eigenvalue weighted by molar-refractivity contribution is -0.123. The number of amides is 1. The van der Waals surface area contributed by atoms with Crippen molar-refractivity contribution < 1.29 is 9.53 Å². The molecule has 1 amide bonds. The molecule has 1 N–H and O–H groups in total. The number of aryl methyl sites for hydroxylation is 1. The fourth-order valence-corrected chi connectivity index (χ4v) is 2.86. The predicted octanol–water partition coefficient (Wildman–Crippen LogP) is 4.76. The van der Waals surface area contributed by atoms with E-state index in [9.17, 15) is 4.79 Å². The minimum atomic E-state index is -0.224. The molecule has 0 aliphatic heterocycles. The highest BCUT2D eigenvalue weighted by molar-refractivity contribution is 9.10. The lowest BCUT2D eigenvalue weighted by atomic mass is 10.2. The van der Waals surface area contributed by atoms with Gasteiger partial charge in [0.2, 0.25) is 0 Å². The van der Waals surface area contributed by atoms with Gasteiger partial charge in [0.25, 0.3) is 5.91 Å². The van der Waals surface area contributed by atoms with Crippen molar-refractivity contribution >= 4 is 45.0 Å². The Morgan fingerprint density at radius 1 is 1.23 bits per heavy atom. The number of nitrogens with one attached hydrogen (secondary N) is 1. The molecule has 6 heteroatoms. The molecule has 0 atom stereocenters. The quantitative estimate of drug-likeness (QED) is 0.782. The van der Waals surface area contributed by atoms with E-state index < -0.39 is 0 Å². The third-order valence-corrected chi connectivity index (χ3v) is 4.14. The molecule has 3 nitrogen and oxygen atoms in total. The maximum Gasteiger partial charge on any atom is 0.258 e. The smallest absolute Gasteiger partial charge is 0.258 e. The number of rotatable bonds is 5. The molecule has 0 saturated carbocycles. The fourth-order valence-electron chi connectivity index (χ4n) is 1.78. The number of benzene rings is 2. The van der Waals surface area contributed by atoms with Crippen LogP contribution in [0.15, 0.2) is 40.9 Å². The largest absolute Gasteiger partial charge is 0.483 e. The first kappa shape index (κ1) is 17.1. The molecule has 0 saturated heterocycles. The van der Waals surface area contributed by atoms with Crippen molar-refractivity contribution in [2.75, 3.05) is 6.61 Å². The van der Waals surface area contributed by atoms with Gasteiger partial charge >= 0.3 is 0 Å². The molecule has 0 fully saturated rings. The minimum Gasteiger partial charge on any atom is -0.483 e.